The Morgan fingerprint density at radius 3 is 2.36 bits per heavy atom. The fraction of sp³-hybridized carbons (Fsp3) is 0.409. The molecule has 0 aromatic heterocycles. The number of nitrogens with zero attached hydrogens (tertiary/aromatic N) is 1. The average Bonchev–Trinajstić information content (AvgIpc) is 3.14. The molecule has 0 saturated carbocycles. The van der Waals surface area contributed by atoms with Crippen molar-refractivity contribution in [2.45, 2.75) is 45.7 Å². The standard InChI is InChI=1S/C22H28N2O/c1-2-18-8-10-19(11-9-18)15-22(25)23-16-20-6-5-7-21(14-20)17-24-12-3-4-13-24/h5-11,14H,2-4,12-13,15-17H2,1H3,(H,23,25). The normalized spacial score (nSPS) is 14.6. The third kappa shape index (κ3) is 5.43. The maximum Gasteiger partial charge on any atom is 0.224 e. The lowest BCUT2D eigenvalue weighted by atomic mass is 10.1. The summed E-state index contributed by atoms with van der Waals surface area (Å²) >= 11 is 0. The van der Waals surface area contributed by atoms with E-state index >= 15 is 0 Å². The zero-order chi connectivity index (χ0) is 17.5. The zero-order valence-corrected chi connectivity index (χ0v) is 15.1. The van der Waals surface area contributed by atoms with E-state index in [2.05, 4.69) is 65.7 Å². The van der Waals surface area contributed by atoms with Crippen molar-refractivity contribution in [2.75, 3.05) is 13.1 Å². The molecule has 0 atom stereocenters. The van der Waals surface area contributed by atoms with Crippen LogP contribution in [-0.4, -0.2) is 23.9 Å². The molecule has 3 heteroatoms. The predicted octanol–water partition coefficient (Wildman–Crippen LogP) is 3.70. The Balaban J connectivity index is 1.49. The maximum absolute atomic E-state index is 12.2. The molecular formula is C22H28N2O. The molecule has 1 N–H and O–H groups in total. The molecule has 0 aliphatic carbocycles. The number of hydrogen-bond acceptors (Lipinski definition) is 2. The third-order valence-electron chi connectivity index (χ3n) is 4.88. The summed E-state index contributed by atoms with van der Waals surface area (Å²) in [6.07, 6.45) is 4.10. The fourth-order valence-corrected chi connectivity index (χ4v) is 3.38. The highest BCUT2D eigenvalue weighted by Crippen LogP contribution is 2.14. The molecule has 2 aromatic carbocycles. The van der Waals surface area contributed by atoms with Gasteiger partial charge in [-0.2, -0.15) is 0 Å². The maximum atomic E-state index is 12.2. The van der Waals surface area contributed by atoms with Gasteiger partial charge in [0.1, 0.15) is 0 Å². The highest BCUT2D eigenvalue weighted by Gasteiger charge is 2.11. The molecule has 1 aliphatic rings. The Labute approximate surface area is 151 Å². The number of hydrogen-bond donors (Lipinski definition) is 1. The Bertz CT molecular complexity index is 687. The highest BCUT2D eigenvalue weighted by molar-refractivity contribution is 5.78. The molecule has 0 unspecified atom stereocenters. The Morgan fingerprint density at radius 1 is 0.960 bits per heavy atom. The molecule has 0 radical (unpaired) electrons. The van der Waals surface area contributed by atoms with Gasteiger partial charge in [-0.3, -0.25) is 9.69 Å². The fourth-order valence-electron chi connectivity index (χ4n) is 3.38. The van der Waals surface area contributed by atoms with Crippen LogP contribution in [0.1, 0.15) is 42.0 Å². The summed E-state index contributed by atoms with van der Waals surface area (Å²) in [4.78, 5) is 14.7. The minimum atomic E-state index is 0.0780. The first kappa shape index (κ1) is 17.7. The minimum Gasteiger partial charge on any atom is -0.352 e. The largest absolute Gasteiger partial charge is 0.352 e. The van der Waals surface area contributed by atoms with E-state index < -0.39 is 0 Å². The topological polar surface area (TPSA) is 32.3 Å². The van der Waals surface area contributed by atoms with Crippen molar-refractivity contribution >= 4 is 5.91 Å². The van der Waals surface area contributed by atoms with Crippen molar-refractivity contribution < 1.29 is 4.79 Å². The first-order valence-electron chi connectivity index (χ1n) is 9.37. The van der Waals surface area contributed by atoms with Crippen molar-refractivity contribution in [3.63, 3.8) is 0 Å². The summed E-state index contributed by atoms with van der Waals surface area (Å²) in [7, 11) is 0. The number of amides is 1. The molecule has 3 nitrogen and oxygen atoms in total. The first-order chi connectivity index (χ1) is 12.2. The smallest absolute Gasteiger partial charge is 0.224 e. The molecule has 1 saturated heterocycles. The number of aryl methyl sites for hydroxylation is 1. The molecule has 25 heavy (non-hydrogen) atoms. The Kier molecular flexibility index (Phi) is 6.24. The van der Waals surface area contributed by atoms with Gasteiger partial charge < -0.3 is 5.32 Å². The Hall–Kier alpha value is -2.13. The average molecular weight is 336 g/mol. The molecule has 1 aliphatic heterocycles. The van der Waals surface area contributed by atoms with Gasteiger partial charge >= 0.3 is 0 Å². The lowest BCUT2D eigenvalue weighted by Gasteiger charge is -2.15. The van der Waals surface area contributed by atoms with Crippen LogP contribution < -0.4 is 5.32 Å². The summed E-state index contributed by atoms with van der Waals surface area (Å²) in [5, 5.41) is 3.04. The first-order valence-corrected chi connectivity index (χ1v) is 9.37. The highest BCUT2D eigenvalue weighted by atomic mass is 16.1. The van der Waals surface area contributed by atoms with E-state index in [1.807, 2.05) is 0 Å². The van der Waals surface area contributed by atoms with E-state index in [1.54, 1.807) is 0 Å². The van der Waals surface area contributed by atoms with E-state index in [1.165, 1.54) is 42.6 Å². The van der Waals surface area contributed by atoms with Crippen LogP contribution in [0.5, 0.6) is 0 Å². The number of benzene rings is 2. The summed E-state index contributed by atoms with van der Waals surface area (Å²) in [5.74, 6) is 0.0780. The molecular weight excluding hydrogens is 308 g/mol. The second-order valence-electron chi connectivity index (χ2n) is 6.93. The van der Waals surface area contributed by atoms with Crippen LogP contribution in [0.2, 0.25) is 0 Å². The van der Waals surface area contributed by atoms with Gasteiger partial charge in [-0.1, -0.05) is 55.5 Å². The van der Waals surface area contributed by atoms with Gasteiger partial charge in [0.25, 0.3) is 0 Å². The number of rotatable bonds is 7. The number of carbonyl (C=O) groups is 1. The van der Waals surface area contributed by atoms with Crippen LogP contribution in [0.4, 0.5) is 0 Å². The Morgan fingerprint density at radius 2 is 1.64 bits per heavy atom. The summed E-state index contributed by atoms with van der Waals surface area (Å²) in [6.45, 7) is 6.17. The van der Waals surface area contributed by atoms with E-state index in [0.29, 0.717) is 13.0 Å². The van der Waals surface area contributed by atoms with Gasteiger partial charge in [-0.15, -0.1) is 0 Å². The van der Waals surface area contributed by atoms with Crippen LogP contribution in [0, 0.1) is 0 Å². The lowest BCUT2D eigenvalue weighted by Crippen LogP contribution is -2.24. The summed E-state index contributed by atoms with van der Waals surface area (Å²) in [6, 6.07) is 16.9. The molecule has 2 aromatic rings. The van der Waals surface area contributed by atoms with Crippen molar-refractivity contribution in [2.24, 2.45) is 0 Å². The predicted molar refractivity (Wildman–Crippen MR) is 102 cm³/mol. The van der Waals surface area contributed by atoms with E-state index in [-0.39, 0.29) is 5.91 Å². The van der Waals surface area contributed by atoms with Gasteiger partial charge in [0.05, 0.1) is 6.42 Å². The van der Waals surface area contributed by atoms with Gasteiger partial charge in [-0.25, -0.2) is 0 Å². The number of nitrogens with one attached hydrogen (secondary N) is 1. The summed E-state index contributed by atoms with van der Waals surface area (Å²) < 4.78 is 0. The second kappa shape index (κ2) is 8.82. The molecule has 0 bridgehead atoms. The third-order valence-corrected chi connectivity index (χ3v) is 4.88. The van der Waals surface area contributed by atoms with Crippen LogP contribution in [0.15, 0.2) is 48.5 Å². The van der Waals surface area contributed by atoms with Crippen molar-refractivity contribution in [1.29, 1.82) is 0 Å². The second-order valence-corrected chi connectivity index (χ2v) is 6.93. The van der Waals surface area contributed by atoms with Gasteiger partial charge in [0, 0.05) is 13.1 Å². The molecule has 1 fully saturated rings. The molecule has 132 valence electrons. The van der Waals surface area contributed by atoms with Crippen molar-refractivity contribution in [1.82, 2.24) is 10.2 Å². The van der Waals surface area contributed by atoms with Crippen molar-refractivity contribution in [3.05, 3.63) is 70.8 Å². The van der Waals surface area contributed by atoms with E-state index in [4.69, 9.17) is 0 Å². The zero-order valence-electron chi connectivity index (χ0n) is 15.1. The van der Waals surface area contributed by atoms with Gasteiger partial charge in [0.2, 0.25) is 5.91 Å². The van der Waals surface area contributed by atoms with Crippen LogP contribution >= 0.6 is 0 Å². The number of likely N-dealkylation sites (tertiary alicyclic amines) is 1. The summed E-state index contributed by atoms with van der Waals surface area (Å²) in [5.41, 5.74) is 4.88. The molecule has 0 spiro atoms. The van der Waals surface area contributed by atoms with E-state index in [0.717, 1.165) is 18.5 Å². The van der Waals surface area contributed by atoms with Gasteiger partial charge in [0.15, 0.2) is 0 Å². The molecule has 1 amide bonds. The molecule has 1 heterocycles. The van der Waals surface area contributed by atoms with Gasteiger partial charge in [-0.05, 0) is 54.6 Å². The molecule has 3 rings (SSSR count). The minimum absolute atomic E-state index is 0.0780. The number of carbonyl (C=O) groups excluding carboxylic acids is 1. The SMILES string of the molecule is CCc1ccc(CC(=O)NCc2cccc(CN3CCCC3)c2)cc1. The van der Waals surface area contributed by atoms with Crippen LogP contribution in [0.25, 0.3) is 0 Å². The van der Waals surface area contributed by atoms with Crippen molar-refractivity contribution in [3.8, 4) is 0 Å². The van der Waals surface area contributed by atoms with E-state index in [9.17, 15) is 4.79 Å². The quantitative estimate of drug-likeness (QED) is 0.836. The lowest BCUT2D eigenvalue weighted by molar-refractivity contribution is -0.120. The van der Waals surface area contributed by atoms with Crippen LogP contribution in [-0.2, 0) is 30.7 Å². The van der Waals surface area contributed by atoms with Crippen LogP contribution in [0.3, 0.4) is 0 Å². The monoisotopic (exact) mass is 336 g/mol.